The maximum atomic E-state index is 12.8. The van der Waals surface area contributed by atoms with Crippen LogP contribution < -0.4 is 5.73 Å². The summed E-state index contributed by atoms with van der Waals surface area (Å²) < 4.78 is 0. The van der Waals surface area contributed by atoms with Crippen molar-refractivity contribution in [2.24, 2.45) is 11.7 Å². The zero-order chi connectivity index (χ0) is 16.4. The van der Waals surface area contributed by atoms with Crippen LogP contribution in [0.25, 0.3) is 10.6 Å². The van der Waals surface area contributed by atoms with Crippen LogP contribution in [0, 0.1) is 12.8 Å². The van der Waals surface area contributed by atoms with Crippen molar-refractivity contribution in [1.82, 2.24) is 9.88 Å². The van der Waals surface area contributed by atoms with Gasteiger partial charge < -0.3 is 10.6 Å². The standard InChI is InChI=1S/C18H23N3OS/c1-12-3-5-14(6-4-12)17-20-16(11-23-17)18(22)21-8-7-13(2)9-15(21)10-19/h3-6,11,13,15H,7-10,19H2,1-2H3. The number of likely N-dealkylation sites (tertiary alicyclic amines) is 1. The summed E-state index contributed by atoms with van der Waals surface area (Å²) in [5.74, 6) is 0.646. The minimum Gasteiger partial charge on any atom is -0.333 e. The van der Waals surface area contributed by atoms with Crippen LogP contribution in [0.5, 0.6) is 0 Å². The molecule has 5 heteroatoms. The fraction of sp³-hybridized carbons (Fsp3) is 0.444. The Morgan fingerprint density at radius 3 is 2.83 bits per heavy atom. The molecule has 1 fully saturated rings. The lowest BCUT2D eigenvalue weighted by Gasteiger charge is -2.37. The molecule has 0 aliphatic carbocycles. The number of hydrogen-bond donors (Lipinski definition) is 1. The summed E-state index contributed by atoms with van der Waals surface area (Å²) in [6, 6.07) is 8.36. The number of nitrogens with zero attached hydrogens (tertiary/aromatic N) is 2. The first-order valence-corrected chi connectivity index (χ1v) is 9.00. The SMILES string of the molecule is Cc1ccc(-c2nc(C(=O)N3CCC(C)CC3CN)cs2)cc1. The van der Waals surface area contributed by atoms with Gasteiger partial charge >= 0.3 is 0 Å². The predicted molar refractivity (Wildman–Crippen MR) is 94.6 cm³/mol. The maximum absolute atomic E-state index is 12.8. The molecule has 0 bridgehead atoms. The van der Waals surface area contributed by atoms with E-state index in [4.69, 9.17) is 5.73 Å². The average Bonchev–Trinajstić information content (AvgIpc) is 3.04. The van der Waals surface area contributed by atoms with Crippen molar-refractivity contribution in [2.45, 2.75) is 32.7 Å². The summed E-state index contributed by atoms with van der Waals surface area (Å²) in [6.07, 6.45) is 2.02. The van der Waals surface area contributed by atoms with E-state index in [-0.39, 0.29) is 11.9 Å². The van der Waals surface area contributed by atoms with Gasteiger partial charge in [-0.25, -0.2) is 4.98 Å². The van der Waals surface area contributed by atoms with Gasteiger partial charge in [0, 0.05) is 30.1 Å². The highest BCUT2D eigenvalue weighted by molar-refractivity contribution is 7.13. The molecular formula is C18H23N3OS. The summed E-state index contributed by atoms with van der Waals surface area (Å²) in [5.41, 5.74) is 8.69. The molecule has 23 heavy (non-hydrogen) atoms. The minimum absolute atomic E-state index is 0.0157. The van der Waals surface area contributed by atoms with Crippen LogP contribution in [0.4, 0.5) is 0 Å². The molecule has 2 heterocycles. The summed E-state index contributed by atoms with van der Waals surface area (Å²) in [4.78, 5) is 19.3. The number of nitrogens with two attached hydrogens (primary N) is 1. The minimum atomic E-state index is 0.0157. The molecule has 0 radical (unpaired) electrons. The number of benzene rings is 1. The van der Waals surface area contributed by atoms with E-state index < -0.39 is 0 Å². The van der Waals surface area contributed by atoms with Gasteiger partial charge in [0.2, 0.25) is 0 Å². The smallest absolute Gasteiger partial charge is 0.273 e. The van der Waals surface area contributed by atoms with Crippen molar-refractivity contribution >= 4 is 17.2 Å². The van der Waals surface area contributed by atoms with Gasteiger partial charge in [-0.15, -0.1) is 11.3 Å². The average molecular weight is 329 g/mol. The second-order valence-electron chi connectivity index (χ2n) is 6.42. The number of hydrogen-bond acceptors (Lipinski definition) is 4. The Balaban J connectivity index is 1.79. The molecule has 1 aromatic heterocycles. The number of aromatic nitrogens is 1. The highest BCUT2D eigenvalue weighted by Gasteiger charge is 2.30. The first-order chi connectivity index (χ1) is 11.1. The number of aryl methyl sites for hydroxylation is 1. The first kappa shape index (κ1) is 16.1. The topological polar surface area (TPSA) is 59.2 Å². The summed E-state index contributed by atoms with van der Waals surface area (Å²) in [5, 5.41) is 2.76. The van der Waals surface area contributed by atoms with Gasteiger partial charge in [0.05, 0.1) is 0 Å². The molecule has 2 unspecified atom stereocenters. The maximum Gasteiger partial charge on any atom is 0.273 e. The molecule has 0 saturated carbocycles. The Morgan fingerprint density at radius 1 is 1.39 bits per heavy atom. The summed E-state index contributed by atoms with van der Waals surface area (Å²) in [6.45, 7) is 5.58. The largest absolute Gasteiger partial charge is 0.333 e. The number of amides is 1. The highest BCUT2D eigenvalue weighted by Crippen LogP contribution is 2.27. The third-order valence-electron chi connectivity index (χ3n) is 4.53. The van der Waals surface area contributed by atoms with Crippen molar-refractivity contribution in [3.05, 3.63) is 40.9 Å². The number of rotatable bonds is 3. The normalized spacial score (nSPS) is 21.4. The number of piperidine rings is 1. The van der Waals surface area contributed by atoms with Crippen LogP contribution in [0.3, 0.4) is 0 Å². The van der Waals surface area contributed by atoms with E-state index in [0.717, 1.165) is 30.0 Å². The first-order valence-electron chi connectivity index (χ1n) is 8.12. The summed E-state index contributed by atoms with van der Waals surface area (Å²) in [7, 11) is 0. The molecular weight excluding hydrogens is 306 g/mol. The van der Waals surface area contributed by atoms with Gasteiger partial charge in [-0.3, -0.25) is 4.79 Å². The van der Waals surface area contributed by atoms with Crippen molar-refractivity contribution < 1.29 is 4.79 Å². The van der Waals surface area contributed by atoms with Gasteiger partial charge in [0.1, 0.15) is 10.7 Å². The second kappa shape index (κ2) is 6.81. The zero-order valence-corrected chi connectivity index (χ0v) is 14.5. The van der Waals surface area contributed by atoms with Crippen molar-refractivity contribution in [1.29, 1.82) is 0 Å². The van der Waals surface area contributed by atoms with Crippen molar-refractivity contribution in [3.8, 4) is 10.6 Å². The molecule has 1 aliphatic rings. The van der Waals surface area contributed by atoms with Crippen LogP contribution in [-0.2, 0) is 0 Å². The lowest BCUT2D eigenvalue weighted by Crippen LogP contribution is -2.49. The molecule has 2 atom stereocenters. The molecule has 1 amide bonds. The fourth-order valence-corrected chi connectivity index (χ4v) is 3.89. The van der Waals surface area contributed by atoms with Crippen LogP contribution in [0.2, 0.25) is 0 Å². The summed E-state index contributed by atoms with van der Waals surface area (Å²) >= 11 is 1.52. The third-order valence-corrected chi connectivity index (χ3v) is 5.42. The molecule has 2 N–H and O–H groups in total. The molecule has 3 rings (SSSR count). The lowest BCUT2D eigenvalue weighted by atomic mass is 9.92. The monoisotopic (exact) mass is 329 g/mol. The number of carbonyl (C=O) groups is 1. The Kier molecular flexibility index (Phi) is 4.78. The molecule has 1 aliphatic heterocycles. The quantitative estimate of drug-likeness (QED) is 0.940. The van der Waals surface area contributed by atoms with Gasteiger partial charge in [-0.1, -0.05) is 36.8 Å². The van der Waals surface area contributed by atoms with Crippen molar-refractivity contribution in [3.63, 3.8) is 0 Å². The molecule has 1 aromatic carbocycles. The van der Waals surface area contributed by atoms with E-state index in [2.05, 4.69) is 31.0 Å². The van der Waals surface area contributed by atoms with Crippen LogP contribution >= 0.6 is 11.3 Å². The Labute approximate surface area is 141 Å². The van der Waals surface area contributed by atoms with E-state index in [1.165, 1.54) is 16.9 Å². The number of carbonyl (C=O) groups excluding carboxylic acids is 1. The van der Waals surface area contributed by atoms with Crippen LogP contribution in [0.15, 0.2) is 29.6 Å². The van der Waals surface area contributed by atoms with E-state index in [1.54, 1.807) is 0 Å². The predicted octanol–water partition coefficient (Wildman–Crippen LogP) is 3.32. The van der Waals surface area contributed by atoms with Gasteiger partial charge in [-0.05, 0) is 25.7 Å². The molecule has 122 valence electrons. The van der Waals surface area contributed by atoms with Gasteiger partial charge in [0.15, 0.2) is 0 Å². The van der Waals surface area contributed by atoms with Gasteiger partial charge in [-0.2, -0.15) is 0 Å². The number of thiazole rings is 1. The highest BCUT2D eigenvalue weighted by atomic mass is 32.1. The van der Waals surface area contributed by atoms with Crippen LogP contribution in [0.1, 0.15) is 35.8 Å². The molecule has 1 saturated heterocycles. The second-order valence-corrected chi connectivity index (χ2v) is 7.28. The lowest BCUT2D eigenvalue weighted by molar-refractivity contribution is 0.0568. The zero-order valence-electron chi connectivity index (χ0n) is 13.7. The molecule has 2 aromatic rings. The Hall–Kier alpha value is -1.72. The van der Waals surface area contributed by atoms with E-state index in [9.17, 15) is 4.79 Å². The molecule has 0 spiro atoms. The fourth-order valence-electron chi connectivity index (χ4n) is 3.09. The third kappa shape index (κ3) is 3.46. The van der Waals surface area contributed by atoms with Crippen LogP contribution in [-0.4, -0.2) is 34.9 Å². The van der Waals surface area contributed by atoms with E-state index in [0.29, 0.717) is 18.2 Å². The van der Waals surface area contributed by atoms with Crippen molar-refractivity contribution in [2.75, 3.05) is 13.1 Å². The van der Waals surface area contributed by atoms with E-state index >= 15 is 0 Å². The Bertz CT molecular complexity index is 680. The Morgan fingerprint density at radius 2 is 2.13 bits per heavy atom. The van der Waals surface area contributed by atoms with E-state index in [1.807, 2.05) is 22.4 Å². The van der Waals surface area contributed by atoms with Gasteiger partial charge in [0.25, 0.3) is 5.91 Å². The molecule has 4 nitrogen and oxygen atoms in total.